The van der Waals surface area contributed by atoms with Gasteiger partial charge in [-0.15, -0.1) is 0 Å². The first-order valence-electron chi connectivity index (χ1n) is 5.74. The van der Waals surface area contributed by atoms with Gasteiger partial charge < -0.3 is 5.32 Å². The van der Waals surface area contributed by atoms with E-state index in [1.165, 1.54) is 12.1 Å². The third-order valence-electron chi connectivity index (χ3n) is 2.44. The van der Waals surface area contributed by atoms with Crippen LogP contribution in [0.25, 0.3) is 0 Å². The van der Waals surface area contributed by atoms with Gasteiger partial charge in [-0.25, -0.2) is 4.98 Å². The number of hydrogen-bond donors (Lipinski definition) is 1. The average molecular weight is 327 g/mol. The third-order valence-corrected chi connectivity index (χ3v) is 3.04. The largest absolute Gasteiger partial charge is 0.324 e. The number of aromatic nitrogens is 3. The molecule has 0 unspecified atom stereocenters. The smallest absolute Gasteiger partial charge is 0.224 e. The Kier molecular flexibility index (Phi) is 4.62. The monoisotopic (exact) mass is 326 g/mol. The number of hydrogen-bond acceptors (Lipinski definition) is 3. The second-order valence-corrected chi connectivity index (χ2v) is 4.64. The van der Waals surface area contributed by atoms with Crippen molar-refractivity contribution < 1.29 is 9.18 Å². The normalized spacial score (nSPS) is 10.4. The van der Waals surface area contributed by atoms with Gasteiger partial charge in [-0.3, -0.25) is 9.48 Å². The minimum absolute atomic E-state index is 0.138. The summed E-state index contributed by atoms with van der Waals surface area (Å²) in [4.78, 5) is 15.3. The van der Waals surface area contributed by atoms with Crippen LogP contribution in [-0.2, 0) is 11.3 Å². The lowest BCUT2D eigenvalue weighted by Crippen LogP contribution is -2.13. The quantitative estimate of drug-likeness (QED) is 0.859. The van der Waals surface area contributed by atoms with Gasteiger partial charge in [0.1, 0.15) is 4.60 Å². The van der Waals surface area contributed by atoms with Crippen LogP contribution in [0.4, 0.5) is 10.1 Å². The minimum Gasteiger partial charge on any atom is -0.324 e. The van der Waals surface area contributed by atoms with Crippen LogP contribution >= 0.6 is 15.9 Å². The van der Waals surface area contributed by atoms with Crippen molar-refractivity contribution in [1.29, 1.82) is 0 Å². The average Bonchev–Trinajstić information content (AvgIpc) is 2.86. The van der Waals surface area contributed by atoms with Gasteiger partial charge in [0.15, 0.2) is 0 Å². The number of nitrogens with zero attached hydrogens (tertiary/aromatic N) is 3. The van der Waals surface area contributed by atoms with Crippen LogP contribution in [0.15, 0.2) is 35.2 Å². The third kappa shape index (κ3) is 4.13. The van der Waals surface area contributed by atoms with E-state index in [0.717, 1.165) is 0 Å². The summed E-state index contributed by atoms with van der Waals surface area (Å²) in [5.74, 6) is -0.732. The summed E-state index contributed by atoms with van der Waals surface area (Å²) in [7, 11) is 0. The first-order valence-corrected chi connectivity index (χ1v) is 6.54. The van der Waals surface area contributed by atoms with Gasteiger partial charge in [0.05, 0.1) is 5.69 Å². The Balaban J connectivity index is 1.80. The minimum atomic E-state index is -0.594. The van der Waals surface area contributed by atoms with Crippen molar-refractivity contribution in [3.8, 4) is 0 Å². The number of anilines is 1. The van der Waals surface area contributed by atoms with Crippen molar-refractivity contribution in [2.75, 3.05) is 5.32 Å². The van der Waals surface area contributed by atoms with Gasteiger partial charge in [0.2, 0.25) is 11.9 Å². The molecule has 0 saturated carbocycles. The van der Waals surface area contributed by atoms with Crippen molar-refractivity contribution in [2.45, 2.75) is 19.4 Å². The predicted octanol–water partition coefficient (Wildman–Crippen LogP) is 2.60. The standard InChI is InChI=1S/C12H12BrFN4O/c13-12-9(4-5-10(14)17-12)16-11(19)3-1-7-18-8-2-6-15-18/h2,4-6,8H,1,3,7H2,(H,16,19). The van der Waals surface area contributed by atoms with Gasteiger partial charge in [0.25, 0.3) is 0 Å². The number of aryl methyl sites for hydroxylation is 1. The maximum Gasteiger partial charge on any atom is 0.224 e. The lowest BCUT2D eigenvalue weighted by molar-refractivity contribution is -0.116. The van der Waals surface area contributed by atoms with Crippen molar-refractivity contribution in [2.24, 2.45) is 0 Å². The highest BCUT2D eigenvalue weighted by Gasteiger charge is 2.07. The van der Waals surface area contributed by atoms with Crippen LogP contribution < -0.4 is 5.32 Å². The fourth-order valence-corrected chi connectivity index (χ4v) is 1.95. The number of rotatable bonds is 5. The molecule has 2 aromatic heterocycles. The van der Waals surface area contributed by atoms with Gasteiger partial charge >= 0.3 is 0 Å². The fraction of sp³-hybridized carbons (Fsp3) is 0.250. The summed E-state index contributed by atoms with van der Waals surface area (Å²) in [6.45, 7) is 0.684. The molecule has 2 rings (SSSR count). The summed E-state index contributed by atoms with van der Waals surface area (Å²) in [5.41, 5.74) is 0.463. The molecular formula is C12H12BrFN4O. The van der Waals surface area contributed by atoms with Crippen LogP contribution in [0.1, 0.15) is 12.8 Å². The van der Waals surface area contributed by atoms with Crippen LogP contribution in [0, 0.1) is 5.95 Å². The lowest BCUT2D eigenvalue weighted by Gasteiger charge is -2.06. The number of nitrogens with one attached hydrogen (secondary N) is 1. The maximum atomic E-state index is 12.8. The van der Waals surface area contributed by atoms with Crippen LogP contribution in [0.5, 0.6) is 0 Å². The maximum absolute atomic E-state index is 12.8. The molecule has 1 amide bonds. The molecule has 0 spiro atoms. The number of carbonyl (C=O) groups excluding carboxylic acids is 1. The first-order chi connectivity index (χ1) is 9.15. The van der Waals surface area contributed by atoms with Gasteiger partial charge in [-0.1, -0.05) is 0 Å². The summed E-state index contributed by atoms with van der Waals surface area (Å²) >= 11 is 3.10. The zero-order chi connectivity index (χ0) is 13.7. The molecule has 19 heavy (non-hydrogen) atoms. The molecular weight excluding hydrogens is 315 g/mol. The Morgan fingerprint density at radius 2 is 2.32 bits per heavy atom. The Labute approximate surface area is 118 Å². The zero-order valence-electron chi connectivity index (χ0n) is 10.0. The molecule has 0 radical (unpaired) electrons. The second-order valence-electron chi connectivity index (χ2n) is 3.89. The summed E-state index contributed by atoms with van der Waals surface area (Å²) in [6.07, 6.45) is 4.59. The molecule has 0 aromatic carbocycles. The van der Waals surface area contributed by atoms with E-state index >= 15 is 0 Å². The van der Waals surface area contributed by atoms with E-state index in [2.05, 4.69) is 31.3 Å². The fourth-order valence-electron chi connectivity index (χ4n) is 1.55. The number of halogens is 2. The van der Waals surface area contributed by atoms with Crippen molar-refractivity contribution >= 4 is 27.5 Å². The number of pyridine rings is 1. The van der Waals surface area contributed by atoms with Crippen molar-refractivity contribution in [1.82, 2.24) is 14.8 Å². The van der Waals surface area contributed by atoms with Crippen molar-refractivity contribution in [3.05, 3.63) is 41.1 Å². The predicted molar refractivity (Wildman–Crippen MR) is 72.0 cm³/mol. The van der Waals surface area contributed by atoms with Gasteiger partial charge in [-0.2, -0.15) is 9.49 Å². The van der Waals surface area contributed by atoms with Crippen LogP contribution in [-0.4, -0.2) is 20.7 Å². The Morgan fingerprint density at radius 3 is 3.00 bits per heavy atom. The highest BCUT2D eigenvalue weighted by molar-refractivity contribution is 9.10. The van der Waals surface area contributed by atoms with E-state index in [9.17, 15) is 9.18 Å². The van der Waals surface area contributed by atoms with E-state index in [1.54, 1.807) is 10.9 Å². The molecule has 0 bridgehead atoms. The summed E-state index contributed by atoms with van der Waals surface area (Å²) in [5, 5.41) is 6.72. The van der Waals surface area contributed by atoms with E-state index in [4.69, 9.17) is 0 Å². The highest BCUT2D eigenvalue weighted by atomic mass is 79.9. The molecule has 0 saturated heterocycles. The van der Waals surface area contributed by atoms with Gasteiger partial charge in [0, 0.05) is 25.4 Å². The molecule has 100 valence electrons. The van der Waals surface area contributed by atoms with Crippen LogP contribution in [0.3, 0.4) is 0 Å². The number of amides is 1. The van der Waals surface area contributed by atoms with E-state index in [-0.39, 0.29) is 10.5 Å². The molecule has 5 nitrogen and oxygen atoms in total. The first kappa shape index (κ1) is 13.7. The molecule has 0 atom stereocenters. The topological polar surface area (TPSA) is 59.8 Å². The molecule has 1 N–H and O–H groups in total. The zero-order valence-corrected chi connectivity index (χ0v) is 11.6. The van der Waals surface area contributed by atoms with E-state index < -0.39 is 5.95 Å². The van der Waals surface area contributed by atoms with Gasteiger partial charge in [-0.05, 0) is 40.5 Å². The van der Waals surface area contributed by atoms with E-state index in [0.29, 0.717) is 25.1 Å². The summed E-state index contributed by atoms with van der Waals surface area (Å²) in [6, 6.07) is 4.50. The Bertz CT molecular complexity index is 559. The SMILES string of the molecule is O=C(CCCn1cccn1)Nc1ccc(F)nc1Br. The van der Waals surface area contributed by atoms with E-state index in [1.807, 2.05) is 12.3 Å². The molecule has 0 fully saturated rings. The molecule has 0 aliphatic rings. The highest BCUT2D eigenvalue weighted by Crippen LogP contribution is 2.19. The molecule has 0 aliphatic carbocycles. The molecule has 0 aliphatic heterocycles. The Hall–Kier alpha value is -1.76. The Morgan fingerprint density at radius 1 is 1.47 bits per heavy atom. The number of carbonyl (C=O) groups is 1. The molecule has 2 heterocycles. The molecule has 7 heteroatoms. The summed E-state index contributed by atoms with van der Waals surface area (Å²) < 4.78 is 14.8. The van der Waals surface area contributed by atoms with Crippen LogP contribution in [0.2, 0.25) is 0 Å². The second kappa shape index (κ2) is 6.42. The lowest BCUT2D eigenvalue weighted by atomic mass is 10.3. The van der Waals surface area contributed by atoms with Crippen molar-refractivity contribution in [3.63, 3.8) is 0 Å². The molecule has 2 aromatic rings.